The highest BCUT2D eigenvalue weighted by atomic mass is 19.4. The Kier molecular flexibility index (Phi) is 6.60. The van der Waals surface area contributed by atoms with Crippen molar-refractivity contribution >= 4 is 23.3 Å². The quantitative estimate of drug-likeness (QED) is 0.418. The lowest BCUT2D eigenvalue weighted by Crippen LogP contribution is -2.27. The van der Waals surface area contributed by atoms with E-state index in [0.29, 0.717) is 40.1 Å². The molecule has 1 aromatic carbocycles. The lowest BCUT2D eigenvalue weighted by atomic mass is 10.0. The largest absolute Gasteiger partial charge is 0.392 e. The highest BCUT2D eigenvalue weighted by Gasteiger charge is 2.38. The zero-order valence-corrected chi connectivity index (χ0v) is 18.4. The predicted molar refractivity (Wildman–Crippen MR) is 121 cm³/mol. The number of nitrogens with zero attached hydrogens (tertiary/aromatic N) is 2. The summed E-state index contributed by atoms with van der Waals surface area (Å²) in [4.78, 5) is 16.8. The van der Waals surface area contributed by atoms with Crippen molar-refractivity contribution < 1.29 is 27.5 Å². The molecular weight excluding hydrogens is 452 g/mol. The first-order valence-corrected chi connectivity index (χ1v) is 10.8. The smallest absolute Gasteiger partial charge is 0.390 e. The number of hydrogen-bond donors (Lipinski definition) is 3. The Hall–Kier alpha value is -3.40. The van der Waals surface area contributed by atoms with Crippen LogP contribution in [0.3, 0.4) is 0 Å². The first-order chi connectivity index (χ1) is 16.2. The van der Waals surface area contributed by atoms with Crippen LogP contribution < -0.4 is 10.6 Å². The minimum absolute atomic E-state index is 0.182. The van der Waals surface area contributed by atoms with E-state index in [0.717, 1.165) is 5.56 Å². The maximum absolute atomic E-state index is 13.1. The highest BCUT2D eigenvalue weighted by molar-refractivity contribution is 5.96. The Morgan fingerprint density at radius 2 is 2.09 bits per heavy atom. The Balaban J connectivity index is 1.67. The molecule has 1 fully saturated rings. The van der Waals surface area contributed by atoms with Crippen molar-refractivity contribution in [2.24, 2.45) is 0 Å². The van der Waals surface area contributed by atoms with Crippen LogP contribution in [0.2, 0.25) is 0 Å². The lowest BCUT2D eigenvalue weighted by molar-refractivity contribution is -0.131. The number of nitrogens with one attached hydrogen (secondary N) is 2. The number of aryl methyl sites for hydroxylation is 1. The first-order valence-electron chi connectivity index (χ1n) is 10.8. The number of fused-ring (bicyclic) bond motifs is 1. The molecule has 1 aliphatic rings. The summed E-state index contributed by atoms with van der Waals surface area (Å²) in [7, 11) is 0. The van der Waals surface area contributed by atoms with Crippen LogP contribution in [0.1, 0.15) is 34.3 Å². The molecule has 34 heavy (non-hydrogen) atoms. The zero-order valence-electron chi connectivity index (χ0n) is 18.4. The highest BCUT2D eigenvalue weighted by Crippen LogP contribution is 2.29. The third kappa shape index (κ3) is 5.39. The van der Waals surface area contributed by atoms with E-state index in [9.17, 15) is 22.4 Å². The van der Waals surface area contributed by atoms with E-state index >= 15 is 0 Å². The average Bonchev–Trinajstić information content (AvgIpc) is 3.28. The van der Waals surface area contributed by atoms with Crippen molar-refractivity contribution in [3.8, 4) is 11.3 Å². The topological polar surface area (TPSA) is 78.7 Å². The molecule has 2 atom stereocenters. The SMILES string of the molecule is Cc1cc(-c2cnc3c(NCCC(F)(F)F)cc(C=CCO)cn23)ccc1C(=O)NC1CC1F. The summed E-state index contributed by atoms with van der Waals surface area (Å²) >= 11 is 0. The normalized spacial score (nSPS) is 17.9. The number of benzene rings is 1. The fraction of sp³-hybridized carbons (Fsp3) is 0.333. The third-order valence-electron chi connectivity index (χ3n) is 5.56. The van der Waals surface area contributed by atoms with Gasteiger partial charge in [0.1, 0.15) is 6.17 Å². The van der Waals surface area contributed by atoms with Gasteiger partial charge in [-0.3, -0.25) is 9.20 Å². The Bertz CT molecular complexity index is 1240. The second-order valence-electron chi connectivity index (χ2n) is 8.26. The third-order valence-corrected chi connectivity index (χ3v) is 5.56. The Labute approximate surface area is 193 Å². The summed E-state index contributed by atoms with van der Waals surface area (Å²) in [5.41, 5.74) is 4.09. The van der Waals surface area contributed by atoms with Gasteiger partial charge in [0.2, 0.25) is 0 Å². The van der Waals surface area contributed by atoms with Crippen LogP contribution in [0.15, 0.2) is 42.7 Å². The van der Waals surface area contributed by atoms with Crippen molar-refractivity contribution in [3.05, 3.63) is 59.4 Å². The van der Waals surface area contributed by atoms with E-state index < -0.39 is 24.8 Å². The van der Waals surface area contributed by atoms with Gasteiger partial charge in [-0.15, -0.1) is 0 Å². The summed E-state index contributed by atoms with van der Waals surface area (Å²) < 4.78 is 52.7. The van der Waals surface area contributed by atoms with Gasteiger partial charge in [-0.1, -0.05) is 18.2 Å². The van der Waals surface area contributed by atoms with Crippen LogP contribution in [0.25, 0.3) is 23.0 Å². The van der Waals surface area contributed by atoms with Crippen LogP contribution in [0.5, 0.6) is 0 Å². The van der Waals surface area contributed by atoms with Gasteiger partial charge < -0.3 is 15.7 Å². The fourth-order valence-corrected chi connectivity index (χ4v) is 3.71. The van der Waals surface area contributed by atoms with Crippen LogP contribution in [0, 0.1) is 6.92 Å². The molecule has 3 aromatic rings. The van der Waals surface area contributed by atoms with Crippen LogP contribution in [0.4, 0.5) is 23.2 Å². The van der Waals surface area contributed by atoms with Crippen LogP contribution in [-0.2, 0) is 0 Å². The van der Waals surface area contributed by atoms with Gasteiger partial charge in [-0.05, 0) is 36.2 Å². The standard InChI is InChI=1S/C24H24F4N4O2/c1-14-9-16(4-5-17(14)23(34)31-19-11-18(19)25)21-12-30-22-20(29-7-6-24(26,27)28)10-15(3-2-8-33)13-32(21)22/h2-5,9-10,12-13,18-19,29,33H,6-8,11H2,1H3,(H,31,34). The van der Waals surface area contributed by atoms with Gasteiger partial charge in [-0.25, -0.2) is 9.37 Å². The van der Waals surface area contributed by atoms with Gasteiger partial charge in [0.25, 0.3) is 5.91 Å². The number of aliphatic hydroxyl groups is 1. The number of anilines is 1. The molecule has 2 aromatic heterocycles. The zero-order chi connectivity index (χ0) is 24.5. The van der Waals surface area contributed by atoms with Gasteiger partial charge in [0.05, 0.1) is 36.6 Å². The minimum Gasteiger partial charge on any atom is -0.392 e. The lowest BCUT2D eigenvalue weighted by Gasteiger charge is -2.13. The second kappa shape index (κ2) is 9.46. The summed E-state index contributed by atoms with van der Waals surface area (Å²) in [6.07, 6.45) is 0.625. The average molecular weight is 476 g/mol. The van der Waals surface area contributed by atoms with Crippen molar-refractivity contribution in [1.82, 2.24) is 14.7 Å². The van der Waals surface area contributed by atoms with E-state index in [1.807, 2.05) is 6.07 Å². The molecule has 180 valence electrons. The summed E-state index contributed by atoms with van der Waals surface area (Å²) in [6, 6.07) is 6.46. The van der Waals surface area contributed by atoms with Gasteiger partial charge in [-0.2, -0.15) is 13.2 Å². The number of pyridine rings is 1. The van der Waals surface area contributed by atoms with E-state index in [1.54, 1.807) is 48.0 Å². The molecule has 0 spiro atoms. The summed E-state index contributed by atoms with van der Waals surface area (Å²) in [5.74, 6) is -0.333. The molecule has 0 radical (unpaired) electrons. The summed E-state index contributed by atoms with van der Waals surface area (Å²) in [6.45, 7) is 1.29. The monoisotopic (exact) mass is 476 g/mol. The van der Waals surface area contributed by atoms with Gasteiger partial charge in [0, 0.05) is 30.3 Å². The molecule has 2 unspecified atom stereocenters. The fourth-order valence-electron chi connectivity index (χ4n) is 3.71. The molecule has 0 saturated heterocycles. The van der Waals surface area contributed by atoms with E-state index in [1.165, 1.54) is 6.08 Å². The summed E-state index contributed by atoms with van der Waals surface area (Å²) in [5, 5.41) is 14.6. The molecule has 0 aliphatic heterocycles. The Morgan fingerprint density at radius 1 is 1.32 bits per heavy atom. The van der Waals surface area contributed by atoms with Gasteiger partial charge >= 0.3 is 6.18 Å². The number of aromatic nitrogens is 2. The maximum atomic E-state index is 13.1. The van der Waals surface area contributed by atoms with E-state index in [4.69, 9.17) is 5.11 Å². The minimum atomic E-state index is -4.28. The number of hydrogen-bond acceptors (Lipinski definition) is 4. The van der Waals surface area contributed by atoms with Crippen LogP contribution >= 0.6 is 0 Å². The van der Waals surface area contributed by atoms with E-state index in [2.05, 4.69) is 15.6 Å². The van der Waals surface area contributed by atoms with E-state index in [-0.39, 0.29) is 19.1 Å². The van der Waals surface area contributed by atoms with Crippen molar-refractivity contribution in [2.45, 2.75) is 38.2 Å². The molecule has 0 bridgehead atoms. The van der Waals surface area contributed by atoms with Crippen molar-refractivity contribution in [3.63, 3.8) is 0 Å². The number of aliphatic hydroxyl groups excluding tert-OH is 1. The molecule has 6 nitrogen and oxygen atoms in total. The predicted octanol–water partition coefficient (Wildman–Crippen LogP) is 4.52. The first kappa shape index (κ1) is 23.7. The van der Waals surface area contributed by atoms with Crippen molar-refractivity contribution in [1.29, 1.82) is 0 Å². The Morgan fingerprint density at radius 3 is 2.74 bits per heavy atom. The molecule has 10 heteroatoms. The molecule has 2 heterocycles. The maximum Gasteiger partial charge on any atom is 0.390 e. The molecule has 1 saturated carbocycles. The number of amides is 1. The number of carbonyl (C=O) groups excluding carboxylic acids is 1. The number of alkyl halides is 4. The second-order valence-corrected chi connectivity index (χ2v) is 8.26. The number of carbonyl (C=O) groups is 1. The van der Waals surface area contributed by atoms with Gasteiger partial charge in [0.15, 0.2) is 5.65 Å². The number of imidazole rings is 1. The molecule has 4 rings (SSSR count). The number of rotatable bonds is 8. The number of halogens is 4. The molecule has 1 amide bonds. The molecule has 3 N–H and O–H groups in total. The molecule has 1 aliphatic carbocycles. The molecular formula is C24H24F4N4O2. The van der Waals surface area contributed by atoms with Crippen LogP contribution in [-0.4, -0.2) is 51.9 Å². The van der Waals surface area contributed by atoms with Crippen molar-refractivity contribution in [2.75, 3.05) is 18.5 Å².